The molecule has 4 nitrogen and oxygen atoms in total. The lowest BCUT2D eigenvalue weighted by Crippen LogP contribution is -2.45. The minimum atomic E-state index is -0.662. The highest BCUT2D eigenvalue weighted by Crippen LogP contribution is 2.19. The number of amides is 1. The molecule has 4 heteroatoms. The van der Waals surface area contributed by atoms with Gasteiger partial charge < -0.3 is 15.5 Å². The van der Waals surface area contributed by atoms with E-state index in [4.69, 9.17) is 0 Å². The maximum Gasteiger partial charge on any atom is 0.220 e. The van der Waals surface area contributed by atoms with Crippen LogP contribution >= 0.6 is 0 Å². The molecule has 2 atom stereocenters. The summed E-state index contributed by atoms with van der Waals surface area (Å²) in [5.74, 6) is -0.0247. The maximum atomic E-state index is 12.6. The van der Waals surface area contributed by atoms with Gasteiger partial charge in [-0.1, -0.05) is 389 Å². The van der Waals surface area contributed by atoms with Gasteiger partial charge in [0.15, 0.2) is 0 Å². The maximum absolute atomic E-state index is 12.6. The van der Waals surface area contributed by atoms with Gasteiger partial charge in [-0.2, -0.15) is 0 Å². The molecule has 0 heterocycles. The van der Waals surface area contributed by atoms with Crippen LogP contribution in [0.25, 0.3) is 0 Å². The van der Waals surface area contributed by atoms with Crippen LogP contribution in [0, 0.1) is 0 Å². The van der Waals surface area contributed by atoms with Gasteiger partial charge in [-0.25, -0.2) is 0 Å². The Labute approximate surface area is 501 Å². The quantitative estimate of drug-likeness (QED) is 0.0420. The molecule has 0 fully saturated rings. The summed E-state index contributed by atoms with van der Waals surface area (Å²) >= 11 is 0. The zero-order valence-corrected chi connectivity index (χ0v) is 54.1. The lowest BCUT2D eigenvalue weighted by atomic mass is 10.0. The minimum Gasteiger partial charge on any atom is -0.394 e. The van der Waals surface area contributed by atoms with Crippen molar-refractivity contribution in [1.29, 1.82) is 0 Å². The predicted octanol–water partition coefficient (Wildman–Crippen LogP) is 24.8. The first kappa shape index (κ1) is 77.8. The van der Waals surface area contributed by atoms with Crippen molar-refractivity contribution in [2.75, 3.05) is 6.61 Å². The Kier molecular flexibility index (Phi) is 69.2. The van der Waals surface area contributed by atoms with E-state index in [1.165, 1.54) is 295 Å². The van der Waals surface area contributed by atoms with Gasteiger partial charge in [-0.3, -0.25) is 4.79 Å². The average molecular weight is 1120 g/mol. The number of hydrogen-bond acceptors (Lipinski definition) is 3. The molecule has 0 rings (SSSR count). The van der Waals surface area contributed by atoms with E-state index in [-0.39, 0.29) is 12.5 Å². The zero-order chi connectivity index (χ0) is 57.6. The molecular formula is C76H141NO3. The summed E-state index contributed by atoms with van der Waals surface area (Å²) in [6.07, 6.45) is 103. The molecule has 468 valence electrons. The van der Waals surface area contributed by atoms with Gasteiger partial charge >= 0.3 is 0 Å². The molecule has 0 radical (unpaired) electrons. The SMILES string of the molecule is CC/C=C\C/C=C\C/C=C\C/C=C\C/C=C\C/C=C\CCCCCCCCCCCCCCCCCCCCCCC(=O)NC(CO)C(O)CCCCCCCCCCCCCCCCCCCCCCCCCCCCCCC. The van der Waals surface area contributed by atoms with E-state index in [9.17, 15) is 15.0 Å². The molecule has 0 aromatic rings. The van der Waals surface area contributed by atoms with Crippen LogP contribution in [0.1, 0.15) is 386 Å². The van der Waals surface area contributed by atoms with E-state index in [1.807, 2.05) is 0 Å². The van der Waals surface area contributed by atoms with E-state index < -0.39 is 12.1 Å². The van der Waals surface area contributed by atoms with Crippen molar-refractivity contribution in [3.05, 3.63) is 72.9 Å². The number of nitrogens with one attached hydrogen (secondary N) is 1. The number of allylic oxidation sites excluding steroid dienone is 12. The van der Waals surface area contributed by atoms with Crippen LogP contribution in [0.4, 0.5) is 0 Å². The fourth-order valence-electron chi connectivity index (χ4n) is 11.3. The van der Waals surface area contributed by atoms with E-state index in [0.29, 0.717) is 12.8 Å². The topological polar surface area (TPSA) is 69.6 Å². The summed E-state index contributed by atoms with van der Waals surface area (Å²) in [6.45, 7) is 4.28. The van der Waals surface area contributed by atoms with E-state index in [0.717, 1.165) is 64.2 Å². The largest absolute Gasteiger partial charge is 0.394 e. The first-order chi connectivity index (χ1) is 39.7. The van der Waals surface area contributed by atoms with Crippen molar-refractivity contribution in [2.45, 2.75) is 398 Å². The molecule has 0 aliphatic carbocycles. The first-order valence-corrected chi connectivity index (χ1v) is 36.1. The first-order valence-electron chi connectivity index (χ1n) is 36.1. The third-order valence-corrected chi connectivity index (χ3v) is 16.7. The molecule has 80 heavy (non-hydrogen) atoms. The lowest BCUT2D eigenvalue weighted by molar-refractivity contribution is -0.123. The normalized spacial score (nSPS) is 13.1. The molecule has 1 amide bonds. The monoisotopic (exact) mass is 1120 g/mol. The summed E-state index contributed by atoms with van der Waals surface area (Å²) in [6, 6.07) is -0.539. The second kappa shape index (κ2) is 71.1. The number of unbranched alkanes of at least 4 members (excludes halogenated alkanes) is 48. The average Bonchev–Trinajstić information content (AvgIpc) is 3.46. The number of hydrogen-bond donors (Lipinski definition) is 3. The third-order valence-electron chi connectivity index (χ3n) is 16.7. The Morgan fingerprint density at radius 1 is 0.312 bits per heavy atom. The van der Waals surface area contributed by atoms with Gasteiger partial charge in [0.25, 0.3) is 0 Å². The van der Waals surface area contributed by atoms with Crippen molar-refractivity contribution >= 4 is 5.91 Å². The van der Waals surface area contributed by atoms with Gasteiger partial charge in [0.1, 0.15) is 0 Å². The van der Waals surface area contributed by atoms with Crippen molar-refractivity contribution in [3.63, 3.8) is 0 Å². The molecule has 2 unspecified atom stereocenters. The Hall–Kier alpha value is -2.17. The van der Waals surface area contributed by atoms with Crippen molar-refractivity contribution in [1.82, 2.24) is 5.32 Å². The number of rotatable bonds is 67. The highest BCUT2D eigenvalue weighted by molar-refractivity contribution is 5.76. The molecule has 0 aliphatic rings. The van der Waals surface area contributed by atoms with Gasteiger partial charge in [0.2, 0.25) is 5.91 Å². The molecular weight excluding hydrogens is 975 g/mol. The fourth-order valence-corrected chi connectivity index (χ4v) is 11.3. The summed E-state index contributed by atoms with van der Waals surface area (Å²) < 4.78 is 0. The molecule has 0 saturated carbocycles. The second-order valence-electron chi connectivity index (χ2n) is 24.6. The van der Waals surface area contributed by atoms with E-state index in [2.05, 4.69) is 92.1 Å². The molecule has 0 spiro atoms. The smallest absolute Gasteiger partial charge is 0.220 e. The van der Waals surface area contributed by atoms with Crippen molar-refractivity contribution < 1.29 is 15.0 Å². The Morgan fingerprint density at radius 2 is 0.550 bits per heavy atom. The Morgan fingerprint density at radius 3 is 0.825 bits per heavy atom. The number of carbonyl (C=O) groups is 1. The summed E-state index contributed by atoms with van der Waals surface area (Å²) in [4.78, 5) is 12.6. The molecule has 0 aromatic heterocycles. The van der Waals surface area contributed by atoms with Crippen LogP contribution in [0.2, 0.25) is 0 Å². The van der Waals surface area contributed by atoms with Crippen LogP contribution in [0.5, 0.6) is 0 Å². The minimum absolute atomic E-state index is 0.0247. The summed E-state index contributed by atoms with van der Waals surface area (Å²) in [5.41, 5.74) is 0. The van der Waals surface area contributed by atoms with E-state index >= 15 is 0 Å². The third kappa shape index (κ3) is 66.6. The molecule has 3 N–H and O–H groups in total. The van der Waals surface area contributed by atoms with Gasteiger partial charge in [-0.05, 0) is 64.2 Å². The molecule has 0 aromatic carbocycles. The van der Waals surface area contributed by atoms with Gasteiger partial charge in [0, 0.05) is 6.42 Å². The van der Waals surface area contributed by atoms with Gasteiger partial charge in [-0.15, -0.1) is 0 Å². The van der Waals surface area contributed by atoms with Crippen LogP contribution in [0.3, 0.4) is 0 Å². The van der Waals surface area contributed by atoms with Crippen molar-refractivity contribution in [2.24, 2.45) is 0 Å². The number of aliphatic hydroxyl groups is 2. The summed E-state index contributed by atoms with van der Waals surface area (Å²) in [5, 5.41) is 23.5. The second-order valence-corrected chi connectivity index (χ2v) is 24.6. The molecule has 0 aliphatic heterocycles. The highest BCUT2D eigenvalue weighted by atomic mass is 16.3. The number of aliphatic hydroxyl groups excluding tert-OH is 2. The lowest BCUT2D eigenvalue weighted by Gasteiger charge is -2.22. The zero-order valence-electron chi connectivity index (χ0n) is 54.1. The van der Waals surface area contributed by atoms with Crippen LogP contribution < -0.4 is 5.32 Å². The molecule has 0 bridgehead atoms. The molecule has 0 saturated heterocycles. The predicted molar refractivity (Wildman–Crippen MR) is 359 cm³/mol. The standard InChI is InChI=1S/C76H141NO3/c1-3-5-7-9-11-13-15-17-19-21-23-25-27-29-31-33-34-35-36-37-38-39-40-41-42-44-46-48-50-52-54-56-58-60-62-64-66-68-70-72-76(80)77-74(73-78)75(79)71-69-67-65-63-61-59-57-55-53-51-49-47-45-43-32-30-28-26-24-22-20-18-16-14-12-10-8-6-4-2/h5,7,11,13,17,19,23,25,29,31,34-35,74-75,78-79H,3-4,6,8-10,12,14-16,18,20-22,24,26-28,30,32-33,36-73H2,1-2H3,(H,77,80)/b7-5-,13-11-,19-17-,25-23-,31-29-,35-34-. The van der Waals surface area contributed by atoms with Crippen molar-refractivity contribution in [3.8, 4) is 0 Å². The van der Waals surface area contributed by atoms with Crippen LogP contribution in [-0.4, -0.2) is 34.9 Å². The summed E-state index contributed by atoms with van der Waals surface area (Å²) in [7, 11) is 0. The Bertz CT molecular complexity index is 1360. The fraction of sp³-hybridized carbons (Fsp3) is 0.829. The Balaban J connectivity index is 3.41. The van der Waals surface area contributed by atoms with E-state index in [1.54, 1.807) is 0 Å². The van der Waals surface area contributed by atoms with Crippen LogP contribution in [-0.2, 0) is 4.79 Å². The van der Waals surface area contributed by atoms with Gasteiger partial charge in [0.05, 0.1) is 18.8 Å². The highest BCUT2D eigenvalue weighted by Gasteiger charge is 2.20. The number of carbonyl (C=O) groups excluding carboxylic acids is 1. The van der Waals surface area contributed by atoms with Crippen LogP contribution in [0.15, 0.2) is 72.9 Å².